The molecule has 6 heteroatoms. The Kier molecular flexibility index (Phi) is 3.25. The lowest BCUT2D eigenvalue weighted by molar-refractivity contribution is 0.0253. The molecule has 2 atom stereocenters. The van der Waals surface area contributed by atoms with Gasteiger partial charge in [-0.05, 0) is 31.4 Å². The van der Waals surface area contributed by atoms with Crippen LogP contribution in [0.3, 0.4) is 0 Å². The molecule has 19 heavy (non-hydrogen) atoms. The molecule has 1 aromatic rings. The zero-order chi connectivity index (χ0) is 13.2. The monoisotopic (exact) mass is 262 g/mol. The Balaban J connectivity index is 1.81. The van der Waals surface area contributed by atoms with Gasteiger partial charge in [0.25, 0.3) is 0 Å². The van der Waals surface area contributed by atoms with Gasteiger partial charge in [0.15, 0.2) is 5.84 Å². The topological polar surface area (TPSA) is 84.0 Å². The summed E-state index contributed by atoms with van der Waals surface area (Å²) in [6.07, 6.45) is 5.51. The number of hydrogen-bond donors (Lipinski definition) is 2. The Hall–Kier alpha value is -1.82. The highest BCUT2D eigenvalue weighted by atomic mass is 16.5. The zero-order valence-electron chi connectivity index (χ0n) is 10.7. The summed E-state index contributed by atoms with van der Waals surface area (Å²) in [5.74, 6) is 1.02. The summed E-state index contributed by atoms with van der Waals surface area (Å²) in [6, 6.07) is 4.20. The molecule has 1 saturated heterocycles. The normalized spacial score (nSPS) is 27.4. The molecule has 0 aromatic carbocycles. The van der Waals surface area contributed by atoms with Crippen molar-refractivity contribution in [3.05, 3.63) is 23.9 Å². The number of nitrogens with zero attached hydrogens (tertiary/aromatic N) is 3. The minimum atomic E-state index is 0.0831. The van der Waals surface area contributed by atoms with Gasteiger partial charge in [-0.15, -0.1) is 0 Å². The van der Waals surface area contributed by atoms with Crippen LogP contribution in [0.25, 0.3) is 0 Å². The van der Waals surface area contributed by atoms with E-state index in [4.69, 9.17) is 15.7 Å². The smallest absolute Gasteiger partial charge is 0.171 e. The summed E-state index contributed by atoms with van der Waals surface area (Å²) in [5, 5.41) is 11.6. The molecule has 2 aliphatic rings. The Morgan fingerprint density at radius 3 is 3.11 bits per heavy atom. The number of anilines is 1. The SMILES string of the molecule is NC(=NO)c1ccc(N2CCOC3CCCC32)nc1. The molecular formula is C13H18N4O2. The molecule has 0 amide bonds. The quantitative estimate of drug-likeness (QED) is 0.358. The van der Waals surface area contributed by atoms with Crippen LogP contribution in [0.5, 0.6) is 0 Å². The molecule has 2 fully saturated rings. The first-order valence-electron chi connectivity index (χ1n) is 6.62. The molecule has 6 nitrogen and oxygen atoms in total. The number of fused-ring (bicyclic) bond motifs is 1. The van der Waals surface area contributed by atoms with Gasteiger partial charge >= 0.3 is 0 Å². The van der Waals surface area contributed by atoms with Gasteiger partial charge in [-0.1, -0.05) is 5.16 Å². The van der Waals surface area contributed by atoms with Crippen molar-refractivity contribution in [3.63, 3.8) is 0 Å². The second-order valence-corrected chi connectivity index (χ2v) is 4.99. The van der Waals surface area contributed by atoms with E-state index >= 15 is 0 Å². The van der Waals surface area contributed by atoms with E-state index < -0.39 is 0 Å². The van der Waals surface area contributed by atoms with Crippen molar-refractivity contribution in [2.75, 3.05) is 18.1 Å². The maximum atomic E-state index is 8.64. The average molecular weight is 262 g/mol. The molecule has 1 aromatic heterocycles. The molecule has 1 aliphatic carbocycles. The van der Waals surface area contributed by atoms with Crippen LogP contribution in [0.15, 0.2) is 23.5 Å². The largest absolute Gasteiger partial charge is 0.409 e. The van der Waals surface area contributed by atoms with Gasteiger partial charge in [-0.2, -0.15) is 0 Å². The molecular weight excluding hydrogens is 244 g/mol. The first kappa shape index (κ1) is 12.2. The van der Waals surface area contributed by atoms with Crippen LogP contribution in [0.1, 0.15) is 24.8 Å². The zero-order valence-corrected chi connectivity index (χ0v) is 10.7. The van der Waals surface area contributed by atoms with E-state index in [2.05, 4.69) is 15.0 Å². The fourth-order valence-corrected chi connectivity index (χ4v) is 2.98. The fraction of sp³-hybridized carbons (Fsp3) is 0.538. The lowest BCUT2D eigenvalue weighted by Gasteiger charge is -2.38. The highest BCUT2D eigenvalue weighted by Crippen LogP contribution is 2.32. The molecule has 0 bridgehead atoms. The second kappa shape index (κ2) is 5.05. The molecule has 3 N–H and O–H groups in total. The first-order valence-corrected chi connectivity index (χ1v) is 6.62. The molecule has 2 unspecified atom stereocenters. The van der Waals surface area contributed by atoms with E-state index in [1.54, 1.807) is 6.20 Å². The third-order valence-corrected chi connectivity index (χ3v) is 3.93. The van der Waals surface area contributed by atoms with E-state index in [0.29, 0.717) is 17.7 Å². The highest BCUT2D eigenvalue weighted by Gasteiger charge is 2.36. The van der Waals surface area contributed by atoms with Crippen LogP contribution in [-0.4, -0.2) is 41.3 Å². The van der Waals surface area contributed by atoms with E-state index in [1.165, 1.54) is 6.42 Å². The van der Waals surface area contributed by atoms with Crippen molar-refractivity contribution in [3.8, 4) is 0 Å². The van der Waals surface area contributed by atoms with Gasteiger partial charge in [-0.25, -0.2) is 4.98 Å². The lowest BCUT2D eigenvalue weighted by atomic mass is 10.1. The number of nitrogens with two attached hydrogens (primary N) is 1. The number of rotatable bonds is 2. The predicted octanol–water partition coefficient (Wildman–Crippen LogP) is 0.934. The molecule has 1 aliphatic heterocycles. The van der Waals surface area contributed by atoms with Gasteiger partial charge < -0.3 is 20.6 Å². The summed E-state index contributed by atoms with van der Waals surface area (Å²) in [6.45, 7) is 1.63. The number of hydrogen-bond acceptors (Lipinski definition) is 5. The van der Waals surface area contributed by atoms with Crippen molar-refractivity contribution in [1.82, 2.24) is 4.98 Å². The van der Waals surface area contributed by atoms with E-state index in [-0.39, 0.29) is 5.84 Å². The number of oxime groups is 1. The van der Waals surface area contributed by atoms with Crippen LogP contribution in [0.2, 0.25) is 0 Å². The molecule has 0 radical (unpaired) electrons. The van der Waals surface area contributed by atoms with Crippen LogP contribution in [0.4, 0.5) is 5.82 Å². The van der Waals surface area contributed by atoms with Crippen molar-refractivity contribution < 1.29 is 9.94 Å². The Morgan fingerprint density at radius 1 is 1.47 bits per heavy atom. The summed E-state index contributed by atoms with van der Waals surface area (Å²) in [7, 11) is 0. The molecule has 1 saturated carbocycles. The number of amidine groups is 1. The third-order valence-electron chi connectivity index (χ3n) is 3.93. The maximum absolute atomic E-state index is 8.64. The Labute approximate surface area is 111 Å². The number of ether oxygens (including phenoxy) is 1. The summed E-state index contributed by atoms with van der Waals surface area (Å²) in [4.78, 5) is 6.75. The Bertz CT molecular complexity index is 474. The molecule has 102 valence electrons. The van der Waals surface area contributed by atoms with Crippen LogP contribution in [0, 0.1) is 0 Å². The fourth-order valence-electron chi connectivity index (χ4n) is 2.98. The van der Waals surface area contributed by atoms with Gasteiger partial charge in [0, 0.05) is 18.3 Å². The van der Waals surface area contributed by atoms with E-state index in [9.17, 15) is 0 Å². The van der Waals surface area contributed by atoms with Gasteiger partial charge in [0.1, 0.15) is 5.82 Å². The van der Waals surface area contributed by atoms with Gasteiger partial charge in [-0.3, -0.25) is 0 Å². The van der Waals surface area contributed by atoms with Crippen LogP contribution in [-0.2, 0) is 4.74 Å². The van der Waals surface area contributed by atoms with E-state index in [1.807, 2.05) is 12.1 Å². The number of morpholine rings is 1. The first-order chi connectivity index (χ1) is 9.29. The van der Waals surface area contributed by atoms with Crippen molar-refractivity contribution in [2.24, 2.45) is 10.9 Å². The molecule has 0 spiro atoms. The molecule has 2 heterocycles. The minimum absolute atomic E-state index is 0.0831. The van der Waals surface area contributed by atoms with E-state index in [0.717, 1.165) is 31.8 Å². The Morgan fingerprint density at radius 2 is 2.37 bits per heavy atom. The minimum Gasteiger partial charge on any atom is -0.409 e. The standard InChI is InChI=1S/C13H18N4O2/c14-13(16-18)9-4-5-12(15-8-9)17-6-7-19-11-3-1-2-10(11)17/h4-5,8,10-11,18H,1-3,6-7H2,(H2,14,16). The highest BCUT2D eigenvalue weighted by molar-refractivity contribution is 5.96. The third kappa shape index (κ3) is 2.23. The van der Waals surface area contributed by atoms with Crippen molar-refractivity contribution in [1.29, 1.82) is 0 Å². The number of pyridine rings is 1. The lowest BCUT2D eigenvalue weighted by Crippen LogP contribution is -2.49. The van der Waals surface area contributed by atoms with Crippen molar-refractivity contribution in [2.45, 2.75) is 31.4 Å². The van der Waals surface area contributed by atoms with Gasteiger partial charge in [0.2, 0.25) is 0 Å². The number of aromatic nitrogens is 1. The summed E-state index contributed by atoms with van der Waals surface area (Å²) < 4.78 is 5.79. The predicted molar refractivity (Wildman–Crippen MR) is 71.5 cm³/mol. The average Bonchev–Trinajstić information content (AvgIpc) is 2.95. The van der Waals surface area contributed by atoms with Crippen LogP contribution >= 0.6 is 0 Å². The van der Waals surface area contributed by atoms with Gasteiger partial charge in [0.05, 0.1) is 18.8 Å². The maximum Gasteiger partial charge on any atom is 0.171 e. The second-order valence-electron chi connectivity index (χ2n) is 4.99. The summed E-state index contributed by atoms with van der Waals surface area (Å²) in [5.41, 5.74) is 6.16. The van der Waals surface area contributed by atoms with Crippen molar-refractivity contribution >= 4 is 11.7 Å². The molecule has 3 rings (SSSR count). The summed E-state index contributed by atoms with van der Waals surface area (Å²) >= 11 is 0. The van der Waals surface area contributed by atoms with Crippen LogP contribution < -0.4 is 10.6 Å².